The summed E-state index contributed by atoms with van der Waals surface area (Å²) in [6.07, 6.45) is 3.46. The summed E-state index contributed by atoms with van der Waals surface area (Å²) in [5.74, 6) is 1.21. The Hall–Kier alpha value is -2.69. The third kappa shape index (κ3) is 2.14. The molecular weight excluding hydrogens is 254 g/mol. The van der Waals surface area contributed by atoms with Gasteiger partial charge in [0.05, 0.1) is 0 Å². The van der Waals surface area contributed by atoms with Crippen molar-refractivity contribution in [1.29, 1.82) is 0 Å². The van der Waals surface area contributed by atoms with Gasteiger partial charge in [0.15, 0.2) is 0 Å². The van der Waals surface area contributed by atoms with Crippen molar-refractivity contribution in [1.82, 2.24) is 15.1 Å². The van der Waals surface area contributed by atoms with Gasteiger partial charge in [0, 0.05) is 23.5 Å². The van der Waals surface area contributed by atoms with Crippen LogP contribution in [0.2, 0.25) is 0 Å². The summed E-state index contributed by atoms with van der Waals surface area (Å²) in [4.78, 5) is 8.44. The Morgan fingerprint density at radius 1 is 1.10 bits per heavy atom. The number of phenolic OH excluding ortho intramolecular Hbond substituents is 1. The first-order valence-electron chi connectivity index (χ1n) is 6.20. The van der Waals surface area contributed by atoms with Crippen molar-refractivity contribution < 1.29 is 9.63 Å². The maximum atomic E-state index is 9.54. The Morgan fingerprint density at radius 2 is 1.95 bits per heavy atom. The molecule has 20 heavy (non-hydrogen) atoms. The molecule has 2 aromatic heterocycles. The molecular formula is C15H13N3O2. The van der Waals surface area contributed by atoms with Gasteiger partial charge in [-0.1, -0.05) is 5.16 Å². The third-order valence-electron chi connectivity index (χ3n) is 3.13. The number of hydrogen-bond acceptors (Lipinski definition) is 5. The molecule has 5 nitrogen and oxygen atoms in total. The fourth-order valence-corrected chi connectivity index (χ4v) is 1.96. The van der Waals surface area contributed by atoms with E-state index in [2.05, 4.69) is 15.1 Å². The first kappa shape index (κ1) is 12.3. The maximum Gasteiger partial charge on any atom is 0.258 e. The summed E-state index contributed by atoms with van der Waals surface area (Å²) < 4.78 is 5.29. The van der Waals surface area contributed by atoms with Crippen LogP contribution in [-0.2, 0) is 0 Å². The van der Waals surface area contributed by atoms with E-state index < -0.39 is 0 Å². The highest BCUT2D eigenvalue weighted by atomic mass is 16.5. The van der Waals surface area contributed by atoms with Crippen LogP contribution >= 0.6 is 0 Å². The minimum atomic E-state index is 0.249. The largest absolute Gasteiger partial charge is 0.508 e. The van der Waals surface area contributed by atoms with E-state index in [9.17, 15) is 5.11 Å². The van der Waals surface area contributed by atoms with Gasteiger partial charge in [0.2, 0.25) is 5.82 Å². The van der Waals surface area contributed by atoms with Crippen molar-refractivity contribution in [2.24, 2.45) is 0 Å². The van der Waals surface area contributed by atoms with Crippen LogP contribution in [-0.4, -0.2) is 20.2 Å². The molecule has 0 fully saturated rings. The molecule has 0 atom stereocenters. The first-order chi connectivity index (χ1) is 9.65. The zero-order valence-corrected chi connectivity index (χ0v) is 11.2. The third-order valence-corrected chi connectivity index (χ3v) is 3.13. The van der Waals surface area contributed by atoms with Crippen molar-refractivity contribution in [3.05, 3.63) is 47.8 Å². The molecule has 0 unspecified atom stereocenters. The van der Waals surface area contributed by atoms with E-state index in [1.807, 2.05) is 26.0 Å². The van der Waals surface area contributed by atoms with Crippen LogP contribution in [0, 0.1) is 13.8 Å². The Morgan fingerprint density at radius 3 is 2.70 bits per heavy atom. The molecule has 3 aromatic rings. The van der Waals surface area contributed by atoms with Crippen molar-refractivity contribution in [2.45, 2.75) is 13.8 Å². The Balaban J connectivity index is 2.02. The van der Waals surface area contributed by atoms with Crippen molar-refractivity contribution in [2.75, 3.05) is 0 Å². The lowest BCUT2D eigenvalue weighted by Gasteiger charge is -1.99. The van der Waals surface area contributed by atoms with Crippen LogP contribution in [0.15, 0.2) is 41.2 Å². The van der Waals surface area contributed by atoms with Gasteiger partial charge in [0.25, 0.3) is 5.89 Å². The van der Waals surface area contributed by atoms with Crippen molar-refractivity contribution in [3.63, 3.8) is 0 Å². The van der Waals surface area contributed by atoms with Gasteiger partial charge in [-0.25, -0.2) is 0 Å². The minimum absolute atomic E-state index is 0.249. The van der Waals surface area contributed by atoms with E-state index in [4.69, 9.17) is 4.52 Å². The van der Waals surface area contributed by atoms with Crippen LogP contribution in [0.4, 0.5) is 0 Å². The summed E-state index contributed by atoms with van der Waals surface area (Å²) in [7, 11) is 0. The van der Waals surface area contributed by atoms with Gasteiger partial charge >= 0.3 is 0 Å². The van der Waals surface area contributed by atoms with E-state index in [0.717, 1.165) is 22.3 Å². The molecule has 0 spiro atoms. The lowest BCUT2D eigenvalue weighted by Crippen LogP contribution is -1.86. The second-order valence-corrected chi connectivity index (χ2v) is 4.61. The number of aromatic nitrogens is 3. The van der Waals surface area contributed by atoms with Crippen LogP contribution in [0.3, 0.4) is 0 Å². The normalized spacial score (nSPS) is 10.7. The Labute approximate surface area is 115 Å². The number of benzene rings is 1. The summed E-state index contributed by atoms with van der Waals surface area (Å²) in [5, 5.41) is 13.5. The molecule has 5 heteroatoms. The topological polar surface area (TPSA) is 72.0 Å². The molecule has 0 radical (unpaired) electrons. The summed E-state index contributed by atoms with van der Waals surface area (Å²) in [6.45, 7) is 3.77. The quantitative estimate of drug-likeness (QED) is 0.772. The van der Waals surface area contributed by atoms with E-state index in [0.29, 0.717) is 11.7 Å². The van der Waals surface area contributed by atoms with Gasteiger partial charge < -0.3 is 9.63 Å². The van der Waals surface area contributed by atoms with Gasteiger partial charge in [-0.15, -0.1) is 0 Å². The number of rotatable bonds is 2. The highest BCUT2D eigenvalue weighted by molar-refractivity contribution is 5.63. The fourth-order valence-electron chi connectivity index (χ4n) is 1.96. The summed E-state index contributed by atoms with van der Waals surface area (Å²) in [6, 6.07) is 7.03. The van der Waals surface area contributed by atoms with Crippen LogP contribution in [0.25, 0.3) is 22.8 Å². The molecule has 1 N–H and O–H groups in total. The molecule has 0 aliphatic carbocycles. The molecule has 0 amide bonds. The molecule has 0 aliphatic rings. The number of hydrogen-bond donors (Lipinski definition) is 1. The van der Waals surface area contributed by atoms with Crippen LogP contribution in [0.1, 0.15) is 11.1 Å². The van der Waals surface area contributed by atoms with Gasteiger partial charge in [-0.2, -0.15) is 4.98 Å². The highest BCUT2D eigenvalue weighted by Crippen LogP contribution is 2.26. The van der Waals surface area contributed by atoms with Crippen molar-refractivity contribution in [3.8, 4) is 28.6 Å². The minimum Gasteiger partial charge on any atom is -0.508 e. The average Bonchev–Trinajstić information content (AvgIpc) is 2.92. The first-order valence-corrected chi connectivity index (χ1v) is 6.20. The van der Waals surface area contributed by atoms with E-state index in [-0.39, 0.29) is 5.75 Å². The molecule has 100 valence electrons. The zero-order valence-electron chi connectivity index (χ0n) is 11.2. The maximum absolute atomic E-state index is 9.54. The second kappa shape index (κ2) is 4.77. The number of nitrogens with zero attached hydrogens (tertiary/aromatic N) is 3. The Bertz CT molecular complexity index is 765. The predicted molar refractivity (Wildman–Crippen MR) is 74.1 cm³/mol. The van der Waals surface area contributed by atoms with Crippen LogP contribution < -0.4 is 0 Å². The fraction of sp³-hybridized carbons (Fsp3) is 0.133. The highest BCUT2D eigenvalue weighted by Gasteiger charge is 2.12. The van der Waals surface area contributed by atoms with E-state index in [1.54, 1.807) is 24.5 Å². The van der Waals surface area contributed by atoms with Crippen molar-refractivity contribution >= 4 is 0 Å². The molecule has 0 saturated carbocycles. The molecule has 1 aromatic carbocycles. The lowest BCUT2D eigenvalue weighted by molar-refractivity contribution is 0.432. The summed E-state index contributed by atoms with van der Waals surface area (Å²) in [5.41, 5.74) is 3.43. The smallest absolute Gasteiger partial charge is 0.258 e. The number of aryl methyl sites for hydroxylation is 2. The lowest BCUT2D eigenvalue weighted by atomic mass is 10.1. The molecule has 2 heterocycles. The van der Waals surface area contributed by atoms with Gasteiger partial charge in [-0.3, -0.25) is 4.98 Å². The standard InChI is InChI=1S/C15H13N3O2/c1-9-7-11(3-4-13(9)19)15-17-14(18-20-15)12-5-6-16-8-10(12)2/h3-8,19H,1-2H3. The monoisotopic (exact) mass is 267 g/mol. The second-order valence-electron chi connectivity index (χ2n) is 4.61. The number of aromatic hydroxyl groups is 1. The molecule has 0 saturated heterocycles. The molecule has 0 aliphatic heterocycles. The van der Waals surface area contributed by atoms with Crippen LogP contribution in [0.5, 0.6) is 5.75 Å². The Kier molecular flexibility index (Phi) is 2.95. The average molecular weight is 267 g/mol. The van der Waals surface area contributed by atoms with Gasteiger partial charge in [-0.05, 0) is 49.2 Å². The van der Waals surface area contributed by atoms with E-state index in [1.165, 1.54) is 0 Å². The number of phenols is 1. The molecule has 0 bridgehead atoms. The van der Waals surface area contributed by atoms with Gasteiger partial charge in [0.1, 0.15) is 5.75 Å². The van der Waals surface area contributed by atoms with E-state index >= 15 is 0 Å². The SMILES string of the molecule is Cc1cc(-c2nc(-c3ccncc3C)no2)ccc1O. The summed E-state index contributed by atoms with van der Waals surface area (Å²) >= 11 is 0. The molecule has 3 rings (SSSR count). The predicted octanol–water partition coefficient (Wildman–Crippen LogP) is 3.12. The number of pyridine rings is 1. The zero-order chi connectivity index (χ0) is 14.1.